The van der Waals surface area contributed by atoms with Crippen LogP contribution in [0.2, 0.25) is 0 Å². The predicted octanol–water partition coefficient (Wildman–Crippen LogP) is -0.384. The molecule has 8 heavy (non-hydrogen) atoms. The summed E-state index contributed by atoms with van der Waals surface area (Å²) in [5, 5.41) is 15.2. The molecule has 1 aromatic heterocycles. The molecule has 0 radical (unpaired) electrons. The van der Waals surface area contributed by atoms with Crippen LogP contribution >= 0.6 is 0 Å². The second-order valence-electron chi connectivity index (χ2n) is 1.38. The van der Waals surface area contributed by atoms with Crippen molar-refractivity contribution in [3.8, 4) is 0 Å². The van der Waals surface area contributed by atoms with E-state index in [1.54, 1.807) is 11.6 Å². The highest BCUT2D eigenvalue weighted by molar-refractivity contribution is 5.17. The Morgan fingerprint density at radius 2 is 2.62 bits per heavy atom. The molecule has 0 spiro atoms. The summed E-state index contributed by atoms with van der Waals surface area (Å²) < 4.78 is 1.56. The lowest BCUT2D eigenvalue weighted by molar-refractivity contribution is 0.379. The van der Waals surface area contributed by atoms with Crippen LogP contribution in [0.4, 0.5) is 5.95 Å². The van der Waals surface area contributed by atoms with Crippen molar-refractivity contribution in [2.75, 3.05) is 5.48 Å². The average Bonchev–Trinajstić information content (AvgIpc) is 2.14. The number of aryl methyl sites for hydroxylation is 1. The molecule has 0 unspecified atom stereocenters. The second kappa shape index (κ2) is 1.79. The summed E-state index contributed by atoms with van der Waals surface area (Å²) in [6, 6.07) is 0. The van der Waals surface area contributed by atoms with Crippen molar-refractivity contribution in [1.82, 2.24) is 14.8 Å². The minimum absolute atomic E-state index is 0.338. The molecular weight excluding hydrogens is 108 g/mol. The van der Waals surface area contributed by atoms with E-state index >= 15 is 0 Å². The van der Waals surface area contributed by atoms with E-state index in [1.165, 1.54) is 6.33 Å². The number of aromatic nitrogens is 3. The van der Waals surface area contributed by atoms with Gasteiger partial charge in [0.05, 0.1) is 0 Å². The summed E-state index contributed by atoms with van der Waals surface area (Å²) in [5.41, 5.74) is 1.86. The standard InChI is InChI=1S/C3H6N4O/c1-7-2-4-5-3(7)6-8/h2,8H,1H3,(H,5,6). The fourth-order valence-corrected chi connectivity index (χ4v) is 0.384. The zero-order valence-electron chi connectivity index (χ0n) is 4.37. The van der Waals surface area contributed by atoms with Crippen molar-refractivity contribution in [2.45, 2.75) is 0 Å². The molecule has 0 aliphatic heterocycles. The SMILES string of the molecule is Cn1cnnc1NO. The van der Waals surface area contributed by atoms with Crippen molar-refractivity contribution >= 4 is 5.95 Å². The fraction of sp³-hybridized carbons (Fsp3) is 0.333. The first-order chi connectivity index (χ1) is 3.84. The van der Waals surface area contributed by atoms with Crippen molar-refractivity contribution < 1.29 is 5.21 Å². The Labute approximate surface area is 45.9 Å². The van der Waals surface area contributed by atoms with Gasteiger partial charge in [-0.15, -0.1) is 10.2 Å². The molecule has 2 N–H and O–H groups in total. The third kappa shape index (κ3) is 0.627. The van der Waals surface area contributed by atoms with Crippen molar-refractivity contribution in [1.29, 1.82) is 0 Å². The summed E-state index contributed by atoms with van der Waals surface area (Å²) in [5.74, 6) is 0.338. The highest BCUT2D eigenvalue weighted by Crippen LogP contribution is 1.93. The number of hydrogen-bond donors (Lipinski definition) is 2. The molecule has 0 saturated carbocycles. The van der Waals surface area contributed by atoms with Crippen LogP contribution in [0.15, 0.2) is 6.33 Å². The van der Waals surface area contributed by atoms with E-state index in [2.05, 4.69) is 10.2 Å². The summed E-state index contributed by atoms with van der Waals surface area (Å²) >= 11 is 0. The molecule has 0 atom stereocenters. The van der Waals surface area contributed by atoms with Gasteiger partial charge in [0.2, 0.25) is 5.95 Å². The quantitative estimate of drug-likeness (QED) is 0.488. The Kier molecular flexibility index (Phi) is 1.13. The van der Waals surface area contributed by atoms with Crippen LogP contribution in [-0.4, -0.2) is 20.0 Å². The third-order valence-corrected chi connectivity index (χ3v) is 0.811. The van der Waals surface area contributed by atoms with Gasteiger partial charge in [-0.3, -0.25) is 5.21 Å². The summed E-state index contributed by atoms with van der Waals surface area (Å²) in [7, 11) is 1.72. The number of hydrogen-bond acceptors (Lipinski definition) is 4. The van der Waals surface area contributed by atoms with Gasteiger partial charge < -0.3 is 4.57 Å². The molecule has 1 aromatic rings. The zero-order chi connectivity index (χ0) is 5.98. The van der Waals surface area contributed by atoms with Gasteiger partial charge in [-0.05, 0) is 0 Å². The van der Waals surface area contributed by atoms with E-state index in [1.807, 2.05) is 5.48 Å². The molecule has 5 nitrogen and oxygen atoms in total. The van der Waals surface area contributed by atoms with Crippen LogP contribution in [0, 0.1) is 0 Å². The van der Waals surface area contributed by atoms with Gasteiger partial charge in [-0.2, -0.15) is 0 Å². The van der Waals surface area contributed by atoms with Gasteiger partial charge >= 0.3 is 0 Å². The number of anilines is 1. The molecule has 0 fully saturated rings. The van der Waals surface area contributed by atoms with Crippen LogP contribution in [0.1, 0.15) is 0 Å². The van der Waals surface area contributed by atoms with Gasteiger partial charge in [0.15, 0.2) is 0 Å². The predicted molar refractivity (Wildman–Crippen MR) is 26.4 cm³/mol. The van der Waals surface area contributed by atoms with E-state index < -0.39 is 0 Å². The monoisotopic (exact) mass is 114 g/mol. The maximum atomic E-state index is 8.23. The number of nitrogens with zero attached hydrogens (tertiary/aromatic N) is 3. The molecule has 5 heteroatoms. The topological polar surface area (TPSA) is 63.0 Å². The fourth-order valence-electron chi connectivity index (χ4n) is 0.384. The third-order valence-electron chi connectivity index (χ3n) is 0.811. The molecule has 0 aliphatic carbocycles. The Bertz CT molecular complexity index is 172. The van der Waals surface area contributed by atoms with Crippen LogP contribution in [0.3, 0.4) is 0 Å². The van der Waals surface area contributed by atoms with Crippen LogP contribution < -0.4 is 5.48 Å². The van der Waals surface area contributed by atoms with Gasteiger partial charge in [0.25, 0.3) is 0 Å². The van der Waals surface area contributed by atoms with Crippen LogP contribution in [-0.2, 0) is 7.05 Å². The van der Waals surface area contributed by atoms with Gasteiger partial charge in [0, 0.05) is 7.05 Å². The van der Waals surface area contributed by atoms with Crippen molar-refractivity contribution in [3.05, 3.63) is 6.33 Å². The highest BCUT2D eigenvalue weighted by atomic mass is 16.5. The summed E-state index contributed by atoms with van der Waals surface area (Å²) in [6.07, 6.45) is 1.48. The maximum absolute atomic E-state index is 8.23. The van der Waals surface area contributed by atoms with Crippen molar-refractivity contribution in [3.63, 3.8) is 0 Å². The molecule has 0 aromatic carbocycles. The normalized spacial score (nSPS) is 9.25. The summed E-state index contributed by atoms with van der Waals surface area (Å²) in [6.45, 7) is 0. The zero-order valence-corrected chi connectivity index (χ0v) is 4.37. The highest BCUT2D eigenvalue weighted by Gasteiger charge is 1.92. The molecule has 0 saturated heterocycles. The Balaban J connectivity index is 2.92. The lowest BCUT2D eigenvalue weighted by Crippen LogP contribution is -1.97. The van der Waals surface area contributed by atoms with Crippen LogP contribution in [0.5, 0.6) is 0 Å². The largest absolute Gasteiger partial charge is 0.301 e. The Morgan fingerprint density at radius 1 is 1.88 bits per heavy atom. The minimum Gasteiger partial charge on any atom is -0.301 e. The molecule has 44 valence electrons. The minimum atomic E-state index is 0.338. The van der Waals surface area contributed by atoms with Gasteiger partial charge in [-0.25, -0.2) is 5.48 Å². The van der Waals surface area contributed by atoms with Gasteiger partial charge in [-0.1, -0.05) is 0 Å². The number of nitrogens with one attached hydrogen (secondary N) is 1. The first kappa shape index (κ1) is 5.04. The van der Waals surface area contributed by atoms with E-state index in [9.17, 15) is 0 Å². The lowest BCUT2D eigenvalue weighted by atomic mass is 11.0. The molecule has 0 amide bonds. The summed E-state index contributed by atoms with van der Waals surface area (Å²) in [4.78, 5) is 0. The first-order valence-corrected chi connectivity index (χ1v) is 2.08. The molecular formula is C3H6N4O. The van der Waals surface area contributed by atoms with E-state index in [-0.39, 0.29) is 0 Å². The lowest BCUT2D eigenvalue weighted by Gasteiger charge is -1.92. The molecule has 1 heterocycles. The molecule has 1 rings (SSSR count). The maximum Gasteiger partial charge on any atom is 0.247 e. The first-order valence-electron chi connectivity index (χ1n) is 2.08. The smallest absolute Gasteiger partial charge is 0.247 e. The van der Waals surface area contributed by atoms with Gasteiger partial charge in [0.1, 0.15) is 6.33 Å². The number of rotatable bonds is 1. The van der Waals surface area contributed by atoms with E-state index in [0.29, 0.717) is 5.95 Å². The Hall–Kier alpha value is -1.10. The molecule has 0 aliphatic rings. The second-order valence-corrected chi connectivity index (χ2v) is 1.38. The average molecular weight is 114 g/mol. The Morgan fingerprint density at radius 3 is 2.88 bits per heavy atom. The van der Waals surface area contributed by atoms with E-state index in [0.717, 1.165) is 0 Å². The van der Waals surface area contributed by atoms with Crippen LogP contribution in [0.25, 0.3) is 0 Å². The van der Waals surface area contributed by atoms with E-state index in [4.69, 9.17) is 5.21 Å². The molecule has 0 bridgehead atoms. The van der Waals surface area contributed by atoms with Crippen molar-refractivity contribution in [2.24, 2.45) is 7.05 Å².